The summed E-state index contributed by atoms with van der Waals surface area (Å²) in [5, 5.41) is 21.0. The van der Waals surface area contributed by atoms with E-state index in [9.17, 15) is 17.6 Å². The van der Waals surface area contributed by atoms with Crippen LogP contribution in [0.2, 0.25) is 0 Å². The number of nitrogens with one attached hydrogen (secondary N) is 1. The molecule has 10 heteroatoms. The van der Waals surface area contributed by atoms with Crippen LogP contribution in [0.5, 0.6) is 0 Å². The molecule has 152 valence electrons. The Labute approximate surface area is 168 Å². The lowest BCUT2D eigenvalue weighted by molar-refractivity contribution is -0.130. The number of piperidine rings is 1. The predicted molar refractivity (Wildman–Crippen MR) is 99.3 cm³/mol. The molecule has 0 radical (unpaired) electrons. The van der Waals surface area contributed by atoms with Crippen molar-refractivity contribution in [2.45, 2.75) is 29.6 Å². The van der Waals surface area contributed by atoms with Crippen molar-refractivity contribution in [2.75, 3.05) is 26.2 Å². The Hall–Kier alpha value is -2.53. The van der Waals surface area contributed by atoms with Crippen molar-refractivity contribution >= 4 is 15.9 Å². The molecule has 2 heterocycles. The lowest BCUT2D eigenvalue weighted by Gasteiger charge is -2.21. The molecule has 4 rings (SSSR count). The highest BCUT2D eigenvalue weighted by molar-refractivity contribution is 7.89. The monoisotopic (exact) mass is 417 g/mol. The Kier molecular flexibility index (Phi) is 5.03. The van der Waals surface area contributed by atoms with Gasteiger partial charge in [-0.3, -0.25) is 4.79 Å². The number of nitriles is 2. The van der Waals surface area contributed by atoms with Crippen LogP contribution < -0.4 is 5.32 Å². The predicted octanol–water partition coefficient (Wildman–Crippen LogP) is 0.229. The van der Waals surface area contributed by atoms with E-state index in [2.05, 4.69) is 5.32 Å². The summed E-state index contributed by atoms with van der Waals surface area (Å²) in [7, 11) is -3.61. The zero-order chi connectivity index (χ0) is 20.8. The molecule has 3 aliphatic rings. The fourth-order valence-electron chi connectivity index (χ4n) is 4.33. The van der Waals surface area contributed by atoms with Crippen LogP contribution >= 0.6 is 0 Å². The van der Waals surface area contributed by atoms with Gasteiger partial charge in [0, 0.05) is 25.6 Å². The third kappa shape index (κ3) is 3.60. The maximum absolute atomic E-state index is 13.5. The fourth-order valence-corrected chi connectivity index (χ4v) is 5.84. The van der Waals surface area contributed by atoms with Gasteiger partial charge in [-0.15, -0.1) is 0 Å². The van der Waals surface area contributed by atoms with Crippen molar-refractivity contribution in [3.63, 3.8) is 0 Å². The molecule has 0 spiro atoms. The van der Waals surface area contributed by atoms with Gasteiger partial charge in [0.05, 0.1) is 35.7 Å². The van der Waals surface area contributed by atoms with E-state index in [1.165, 1.54) is 33.5 Å². The van der Waals surface area contributed by atoms with E-state index >= 15 is 0 Å². The van der Waals surface area contributed by atoms with E-state index in [0.717, 1.165) is 0 Å². The standard InChI is InChI=1S/C19H20FN5O3S/c20-13-5-14(7-22)25(9-13)18(26)8-23-19-16-10-24(11-17(16)19)29(27,28)15-3-1-12(6-21)2-4-15/h1-4,13-14,16-17,19,23H,5,8-11H2/t13-,14-,16?,17?,19?/m0/s1. The maximum atomic E-state index is 13.5. The zero-order valence-electron chi connectivity index (χ0n) is 15.5. The van der Waals surface area contributed by atoms with Crippen LogP contribution in [0.3, 0.4) is 0 Å². The van der Waals surface area contributed by atoms with Gasteiger partial charge in [0.25, 0.3) is 0 Å². The minimum atomic E-state index is -3.61. The molecular weight excluding hydrogens is 397 g/mol. The Balaban J connectivity index is 1.30. The molecule has 1 aromatic rings. The first kappa shape index (κ1) is 19.8. The summed E-state index contributed by atoms with van der Waals surface area (Å²) < 4.78 is 40.4. The normalized spacial score (nSPS) is 31.1. The number of benzene rings is 1. The average Bonchev–Trinajstić information content (AvgIpc) is 3.05. The number of amides is 1. The van der Waals surface area contributed by atoms with Crippen molar-refractivity contribution in [3.05, 3.63) is 29.8 Å². The maximum Gasteiger partial charge on any atom is 0.243 e. The lowest BCUT2D eigenvalue weighted by Crippen LogP contribution is -2.43. The van der Waals surface area contributed by atoms with Gasteiger partial charge in [0.2, 0.25) is 15.9 Å². The Morgan fingerprint density at radius 3 is 2.41 bits per heavy atom. The number of carbonyl (C=O) groups excluding carboxylic acids is 1. The molecule has 29 heavy (non-hydrogen) atoms. The van der Waals surface area contributed by atoms with Crippen molar-refractivity contribution in [2.24, 2.45) is 11.8 Å². The summed E-state index contributed by atoms with van der Waals surface area (Å²) in [6.07, 6.45) is -1.11. The van der Waals surface area contributed by atoms with E-state index in [4.69, 9.17) is 10.5 Å². The number of rotatable bonds is 5. The molecule has 1 amide bonds. The summed E-state index contributed by atoms with van der Waals surface area (Å²) in [6, 6.07) is 9.09. The van der Waals surface area contributed by atoms with Crippen molar-refractivity contribution < 1.29 is 17.6 Å². The van der Waals surface area contributed by atoms with Crippen molar-refractivity contribution in [1.82, 2.24) is 14.5 Å². The molecule has 0 bridgehead atoms. The summed E-state index contributed by atoms with van der Waals surface area (Å²) >= 11 is 0. The Morgan fingerprint density at radius 1 is 1.17 bits per heavy atom. The van der Waals surface area contributed by atoms with Gasteiger partial charge < -0.3 is 10.2 Å². The van der Waals surface area contributed by atoms with Crippen molar-refractivity contribution in [1.29, 1.82) is 10.5 Å². The second kappa shape index (κ2) is 7.38. The minimum absolute atomic E-state index is 0.0188. The first-order valence-electron chi connectivity index (χ1n) is 9.42. The molecular formula is C19H20FN5O3S. The molecule has 3 fully saturated rings. The lowest BCUT2D eigenvalue weighted by atomic mass is 10.2. The SMILES string of the molecule is N#Cc1ccc(S(=O)(=O)N2CC3C(C2)C3NCC(=O)N2C[C@@H](F)C[C@H]2C#N)cc1. The molecule has 0 aromatic heterocycles. The third-order valence-electron chi connectivity index (χ3n) is 5.99. The largest absolute Gasteiger partial charge is 0.323 e. The minimum Gasteiger partial charge on any atom is -0.323 e. The van der Waals surface area contributed by atoms with E-state index in [0.29, 0.717) is 18.7 Å². The van der Waals surface area contributed by atoms with Gasteiger partial charge >= 0.3 is 0 Å². The topological polar surface area (TPSA) is 117 Å². The highest BCUT2D eigenvalue weighted by Gasteiger charge is 2.58. The van der Waals surface area contributed by atoms with Crippen LogP contribution in [0.1, 0.15) is 12.0 Å². The molecule has 1 saturated carbocycles. The number of sulfonamides is 1. The fraction of sp³-hybridized carbons (Fsp3) is 0.526. The molecule has 1 aliphatic carbocycles. The molecule has 1 N–H and O–H groups in total. The zero-order valence-corrected chi connectivity index (χ0v) is 16.3. The van der Waals surface area contributed by atoms with Crippen LogP contribution in [0.15, 0.2) is 29.2 Å². The number of carbonyl (C=O) groups is 1. The van der Waals surface area contributed by atoms with Crippen LogP contribution in [0.25, 0.3) is 0 Å². The van der Waals surface area contributed by atoms with Gasteiger partial charge in [-0.25, -0.2) is 12.8 Å². The molecule has 1 aromatic carbocycles. The number of hydrogen-bond donors (Lipinski definition) is 1. The van der Waals surface area contributed by atoms with Gasteiger partial charge in [-0.05, 0) is 36.1 Å². The second-order valence-electron chi connectivity index (χ2n) is 7.72. The van der Waals surface area contributed by atoms with Gasteiger partial charge in [0.1, 0.15) is 12.2 Å². The molecule has 2 saturated heterocycles. The van der Waals surface area contributed by atoms with E-state index in [1.54, 1.807) is 0 Å². The summed E-state index contributed by atoms with van der Waals surface area (Å²) in [4.78, 5) is 13.7. The van der Waals surface area contributed by atoms with Gasteiger partial charge in [-0.1, -0.05) is 0 Å². The number of fused-ring (bicyclic) bond motifs is 1. The van der Waals surface area contributed by atoms with E-state index in [1.807, 2.05) is 12.1 Å². The molecule has 2 aliphatic heterocycles. The summed E-state index contributed by atoms with van der Waals surface area (Å²) in [5.41, 5.74) is 0.401. The summed E-state index contributed by atoms with van der Waals surface area (Å²) in [6.45, 7) is 0.712. The number of hydrogen-bond acceptors (Lipinski definition) is 6. The van der Waals surface area contributed by atoms with E-state index < -0.39 is 22.2 Å². The molecule has 4 atom stereocenters. The first-order valence-corrected chi connectivity index (χ1v) is 10.9. The Morgan fingerprint density at radius 2 is 1.83 bits per heavy atom. The molecule has 2 unspecified atom stereocenters. The van der Waals surface area contributed by atoms with Gasteiger partial charge in [-0.2, -0.15) is 14.8 Å². The van der Waals surface area contributed by atoms with Crippen molar-refractivity contribution in [3.8, 4) is 12.1 Å². The highest BCUT2D eigenvalue weighted by atomic mass is 32.2. The summed E-state index contributed by atoms with van der Waals surface area (Å²) in [5.74, 6) is -0.0332. The number of alkyl halides is 1. The first-order chi connectivity index (χ1) is 13.8. The number of likely N-dealkylation sites (tertiary alicyclic amines) is 1. The average molecular weight is 417 g/mol. The van der Waals surface area contributed by atoms with Crippen LogP contribution in [-0.4, -0.2) is 68.0 Å². The smallest absolute Gasteiger partial charge is 0.243 e. The number of halogens is 1. The van der Waals surface area contributed by atoms with Crippen LogP contribution in [-0.2, 0) is 14.8 Å². The molecule has 8 nitrogen and oxygen atoms in total. The van der Waals surface area contributed by atoms with Crippen LogP contribution in [0, 0.1) is 34.5 Å². The Bertz CT molecular complexity index is 988. The quantitative estimate of drug-likeness (QED) is 0.733. The van der Waals surface area contributed by atoms with Crippen LogP contribution in [0.4, 0.5) is 4.39 Å². The second-order valence-corrected chi connectivity index (χ2v) is 9.65. The number of nitrogens with zero attached hydrogens (tertiary/aromatic N) is 4. The van der Waals surface area contributed by atoms with E-state index in [-0.39, 0.29) is 48.2 Å². The highest BCUT2D eigenvalue weighted by Crippen LogP contribution is 2.47. The third-order valence-corrected chi connectivity index (χ3v) is 7.84. The van der Waals surface area contributed by atoms with Gasteiger partial charge in [0.15, 0.2) is 0 Å².